The van der Waals surface area contributed by atoms with E-state index < -0.39 is 17.9 Å². The van der Waals surface area contributed by atoms with Gasteiger partial charge in [0.1, 0.15) is 5.69 Å². The number of nitrogens with one attached hydrogen (secondary N) is 2. The molecule has 1 saturated heterocycles. The first-order chi connectivity index (χ1) is 11.1. The molecular weight excluding hydrogens is 318 g/mol. The fraction of sp³-hybridized carbons (Fsp3) is 0.400. The number of amides is 1. The van der Waals surface area contributed by atoms with Gasteiger partial charge in [-0.2, -0.15) is 5.10 Å². The molecule has 1 unspecified atom stereocenters. The number of ether oxygens (including phenoxy) is 1. The third kappa shape index (κ3) is 3.59. The molecule has 1 aliphatic rings. The maximum absolute atomic E-state index is 12.3. The van der Waals surface area contributed by atoms with Gasteiger partial charge in [-0.15, -0.1) is 11.3 Å². The van der Waals surface area contributed by atoms with Gasteiger partial charge in [-0.25, -0.2) is 4.79 Å². The molecule has 0 bridgehead atoms. The minimum atomic E-state index is -1.10. The molecule has 0 aliphatic carbocycles. The quantitative estimate of drug-likeness (QED) is 0.774. The van der Waals surface area contributed by atoms with Gasteiger partial charge in [-0.3, -0.25) is 9.89 Å². The van der Waals surface area contributed by atoms with Crippen LogP contribution in [0, 0.1) is 0 Å². The SMILES string of the molecule is O=C(NC(C(=O)O)c1cccs1)c1cc(C2CCOCC2)[nH]n1. The average Bonchev–Trinajstić information content (AvgIpc) is 3.24. The summed E-state index contributed by atoms with van der Waals surface area (Å²) in [4.78, 5) is 24.2. The van der Waals surface area contributed by atoms with E-state index >= 15 is 0 Å². The molecule has 1 atom stereocenters. The normalized spacial score (nSPS) is 16.9. The Morgan fingerprint density at radius 2 is 2.22 bits per heavy atom. The minimum Gasteiger partial charge on any atom is -0.479 e. The van der Waals surface area contributed by atoms with Crippen molar-refractivity contribution >= 4 is 23.2 Å². The van der Waals surface area contributed by atoms with Crippen LogP contribution in [0.3, 0.4) is 0 Å². The molecule has 1 fully saturated rings. The Hall–Kier alpha value is -2.19. The second kappa shape index (κ2) is 6.93. The monoisotopic (exact) mass is 335 g/mol. The summed E-state index contributed by atoms with van der Waals surface area (Å²) in [5, 5.41) is 20.5. The Balaban J connectivity index is 1.70. The highest BCUT2D eigenvalue weighted by atomic mass is 32.1. The van der Waals surface area contributed by atoms with Crippen molar-refractivity contribution < 1.29 is 19.4 Å². The molecule has 2 aromatic rings. The Bertz CT molecular complexity index is 677. The standard InChI is InChI=1S/C15H17N3O4S/c19-14(16-13(15(20)21)12-2-1-7-23-12)11-8-10(17-18-11)9-3-5-22-6-4-9/h1-2,7-9,13H,3-6H2,(H,16,19)(H,17,18)(H,20,21). The first-order valence-corrected chi connectivity index (χ1v) is 8.23. The number of aliphatic carboxylic acids is 1. The van der Waals surface area contributed by atoms with E-state index in [0.717, 1.165) is 18.5 Å². The molecule has 3 rings (SSSR count). The molecule has 0 aromatic carbocycles. The minimum absolute atomic E-state index is 0.203. The van der Waals surface area contributed by atoms with Crippen LogP contribution in [-0.2, 0) is 9.53 Å². The lowest BCUT2D eigenvalue weighted by Crippen LogP contribution is -2.33. The predicted octanol–water partition coefficient (Wildman–Crippen LogP) is 1.92. The van der Waals surface area contributed by atoms with Crippen LogP contribution in [0.15, 0.2) is 23.6 Å². The summed E-state index contributed by atoms with van der Waals surface area (Å²) >= 11 is 1.29. The van der Waals surface area contributed by atoms with Gasteiger partial charge < -0.3 is 15.2 Å². The number of carboxylic acid groups (broad SMARTS) is 1. The molecule has 3 N–H and O–H groups in total. The van der Waals surface area contributed by atoms with Crippen molar-refractivity contribution in [2.24, 2.45) is 0 Å². The Morgan fingerprint density at radius 1 is 1.43 bits per heavy atom. The number of aromatic nitrogens is 2. The maximum Gasteiger partial charge on any atom is 0.331 e. The van der Waals surface area contributed by atoms with Crippen molar-refractivity contribution in [2.75, 3.05) is 13.2 Å². The van der Waals surface area contributed by atoms with Crippen molar-refractivity contribution in [3.63, 3.8) is 0 Å². The van der Waals surface area contributed by atoms with Gasteiger partial charge in [0.05, 0.1) is 0 Å². The number of hydrogen-bond donors (Lipinski definition) is 3. The number of carbonyl (C=O) groups is 2. The van der Waals surface area contributed by atoms with Crippen LogP contribution in [-0.4, -0.2) is 40.4 Å². The zero-order chi connectivity index (χ0) is 16.2. The molecule has 0 saturated carbocycles. The zero-order valence-corrected chi connectivity index (χ0v) is 13.1. The molecule has 122 valence electrons. The molecule has 0 radical (unpaired) electrons. The summed E-state index contributed by atoms with van der Waals surface area (Å²) in [7, 11) is 0. The summed E-state index contributed by atoms with van der Waals surface area (Å²) in [5.41, 5.74) is 1.09. The van der Waals surface area contributed by atoms with E-state index in [4.69, 9.17) is 4.74 Å². The van der Waals surface area contributed by atoms with E-state index in [0.29, 0.717) is 24.0 Å². The summed E-state index contributed by atoms with van der Waals surface area (Å²) < 4.78 is 5.32. The first kappa shape index (κ1) is 15.7. The van der Waals surface area contributed by atoms with E-state index in [-0.39, 0.29) is 5.69 Å². The molecule has 1 amide bonds. The number of H-pyrrole nitrogens is 1. The van der Waals surface area contributed by atoms with Crippen molar-refractivity contribution in [2.45, 2.75) is 24.8 Å². The molecule has 7 nitrogen and oxygen atoms in total. The molecule has 23 heavy (non-hydrogen) atoms. The largest absolute Gasteiger partial charge is 0.479 e. The second-order valence-corrected chi connectivity index (χ2v) is 6.33. The third-order valence-corrected chi connectivity index (χ3v) is 4.78. The number of nitrogens with zero attached hydrogens (tertiary/aromatic N) is 1. The molecular formula is C15H17N3O4S. The van der Waals surface area contributed by atoms with E-state index in [2.05, 4.69) is 15.5 Å². The first-order valence-electron chi connectivity index (χ1n) is 7.35. The van der Waals surface area contributed by atoms with Crippen molar-refractivity contribution in [1.29, 1.82) is 0 Å². The zero-order valence-electron chi connectivity index (χ0n) is 12.3. The van der Waals surface area contributed by atoms with Crippen molar-refractivity contribution in [3.05, 3.63) is 39.8 Å². The second-order valence-electron chi connectivity index (χ2n) is 5.36. The fourth-order valence-corrected chi connectivity index (χ4v) is 3.35. The van der Waals surface area contributed by atoms with Gasteiger partial charge >= 0.3 is 5.97 Å². The van der Waals surface area contributed by atoms with Gasteiger partial charge in [0, 0.05) is 29.7 Å². The van der Waals surface area contributed by atoms with Gasteiger partial charge in [0.15, 0.2) is 6.04 Å². The van der Waals surface area contributed by atoms with Gasteiger partial charge in [0.2, 0.25) is 0 Å². The van der Waals surface area contributed by atoms with Gasteiger partial charge in [-0.05, 0) is 30.4 Å². The highest BCUT2D eigenvalue weighted by Crippen LogP contribution is 2.26. The topological polar surface area (TPSA) is 104 Å². The molecule has 0 spiro atoms. The van der Waals surface area contributed by atoms with Crippen LogP contribution in [0.5, 0.6) is 0 Å². The highest BCUT2D eigenvalue weighted by molar-refractivity contribution is 7.10. The number of rotatable bonds is 5. The highest BCUT2D eigenvalue weighted by Gasteiger charge is 2.25. The van der Waals surface area contributed by atoms with E-state index in [9.17, 15) is 14.7 Å². The molecule has 2 aromatic heterocycles. The van der Waals surface area contributed by atoms with Crippen molar-refractivity contribution in [3.8, 4) is 0 Å². The molecule has 3 heterocycles. The van der Waals surface area contributed by atoms with Gasteiger partial charge in [0.25, 0.3) is 5.91 Å². The van der Waals surface area contributed by atoms with Crippen molar-refractivity contribution in [1.82, 2.24) is 15.5 Å². The summed E-state index contributed by atoms with van der Waals surface area (Å²) in [6.45, 7) is 1.40. The lowest BCUT2D eigenvalue weighted by molar-refractivity contribution is -0.139. The number of carbonyl (C=O) groups excluding carboxylic acids is 1. The van der Waals surface area contributed by atoms with Crippen LogP contribution in [0.1, 0.15) is 45.9 Å². The summed E-state index contributed by atoms with van der Waals surface area (Å²) in [6, 6.07) is 4.06. The van der Waals surface area contributed by atoms with Crippen LogP contribution in [0.25, 0.3) is 0 Å². The summed E-state index contributed by atoms with van der Waals surface area (Å²) in [6.07, 6.45) is 1.77. The number of thiophene rings is 1. The van der Waals surface area contributed by atoms with E-state index in [1.54, 1.807) is 23.6 Å². The number of hydrogen-bond acceptors (Lipinski definition) is 5. The Labute approximate surface area is 136 Å². The van der Waals surface area contributed by atoms with E-state index in [1.165, 1.54) is 11.3 Å². The maximum atomic E-state index is 12.3. The lowest BCUT2D eigenvalue weighted by atomic mass is 9.96. The molecule has 1 aliphatic heterocycles. The van der Waals surface area contributed by atoms with Crippen LogP contribution in [0.2, 0.25) is 0 Å². The van der Waals surface area contributed by atoms with Gasteiger partial charge in [-0.1, -0.05) is 6.07 Å². The number of aromatic amines is 1. The lowest BCUT2D eigenvalue weighted by Gasteiger charge is -2.20. The Morgan fingerprint density at radius 3 is 2.87 bits per heavy atom. The Kier molecular flexibility index (Phi) is 4.73. The summed E-state index contributed by atoms with van der Waals surface area (Å²) in [5.74, 6) is -1.30. The van der Waals surface area contributed by atoms with Crippen LogP contribution < -0.4 is 5.32 Å². The smallest absolute Gasteiger partial charge is 0.331 e. The molecule has 8 heteroatoms. The van der Waals surface area contributed by atoms with E-state index in [1.807, 2.05) is 0 Å². The average molecular weight is 335 g/mol. The number of carboxylic acids is 1. The third-order valence-electron chi connectivity index (χ3n) is 3.84. The van der Waals surface area contributed by atoms with Crippen LogP contribution >= 0.6 is 11.3 Å². The van der Waals surface area contributed by atoms with Crippen LogP contribution in [0.4, 0.5) is 0 Å². The fourth-order valence-electron chi connectivity index (χ4n) is 2.59. The predicted molar refractivity (Wildman–Crippen MR) is 83.5 cm³/mol.